The van der Waals surface area contributed by atoms with E-state index >= 15 is 0 Å². The summed E-state index contributed by atoms with van der Waals surface area (Å²) < 4.78 is 5.98. The predicted octanol–water partition coefficient (Wildman–Crippen LogP) is 2.29. The Kier molecular flexibility index (Phi) is 5.22. The Balaban J connectivity index is 1.59. The topological polar surface area (TPSA) is 70.2 Å². The number of pyridine rings is 2. The van der Waals surface area contributed by atoms with Crippen molar-refractivity contribution in [3.8, 4) is 0 Å². The van der Waals surface area contributed by atoms with Gasteiger partial charge in [0.05, 0.1) is 18.3 Å². The molecule has 126 valence electrons. The Morgan fingerprint density at radius 2 is 2.38 bits per heavy atom. The van der Waals surface area contributed by atoms with Gasteiger partial charge in [0.25, 0.3) is 5.91 Å². The highest BCUT2D eigenvalue weighted by molar-refractivity contribution is 7.71. The van der Waals surface area contributed by atoms with Crippen LogP contribution in [0.3, 0.4) is 0 Å². The molecule has 24 heavy (non-hydrogen) atoms. The number of hydrogen-bond donors (Lipinski definition) is 2. The fraction of sp³-hybridized carbons (Fsp3) is 0.353. The first-order chi connectivity index (χ1) is 11.6. The molecule has 0 bridgehead atoms. The van der Waals surface area contributed by atoms with Crippen molar-refractivity contribution < 1.29 is 9.53 Å². The number of nitrogens with one attached hydrogen (secondary N) is 2. The third-order valence-electron chi connectivity index (χ3n) is 3.89. The molecule has 0 spiro atoms. The first-order valence-corrected chi connectivity index (χ1v) is 8.31. The number of anilines is 1. The van der Waals surface area contributed by atoms with Gasteiger partial charge in [0.2, 0.25) is 0 Å². The predicted molar refractivity (Wildman–Crippen MR) is 94.7 cm³/mol. The zero-order chi connectivity index (χ0) is 16.9. The van der Waals surface area contributed by atoms with Gasteiger partial charge in [-0.05, 0) is 30.7 Å². The van der Waals surface area contributed by atoms with Crippen LogP contribution in [-0.2, 0) is 11.3 Å². The molecule has 2 aromatic rings. The van der Waals surface area contributed by atoms with Crippen molar-refractivity contribution in [2.75, 3.05) is 24.6 Å². The Morgan fingerprint density at radius 3 is 3.08 bits per heavy atom. The number of morpholine rings is 1. The second-order valence-electron chi connectivity index (χ2n) is 5.75. The lowest BCUT2D eigenvalue weighted by Gasteiger charge is -2.32. The molecule has 0 aliphatic carbocycles. The molecule has 1 atom stereocenters. The zero-order valence-electron chi connectivity index (χ0n) is 13.5. The maximum atomic E-state index is 12.1. The summed E-state index contributed by atoms with van der Waals surface area (Å²) in [5.41, 5.74) is 1.42. The third-order valence-corrected chi connectivity index (χ3v) is 4.23. The van der Waals surface area contributed by atoms with Crippen molar-refractivity contribution in [3.63, 3.8) is 0 Å². The molecule has 1 unspecified atom stereocenters. The van der Waals surface area contributed by atoms with Gasteiger partial charge >= 0.3 is 0 Å². The highest BCUT2D eigenvalue weighted by Crippen LogP contribution is 2.15. The lowest BCUT2D eigenvalue weighted by molar-refractivity contribution is 0.0529. The molecule has 7 heteroatoms. The van der Waals surface area contributed by atoms with Gasteiger partial charge in [-0.1, -0.05) is 18.3 Å². The van der Waals surface area contributed by atoms with Crippen LogP contribution in [-0.4, -0.2) is 41.7 Å². The number of rotatable bonds is 4. The van der Waals surface area contributed by atoms with Crippen LogP contribution in [0, 0.1) is 4.64 Å². The summed E-state index contributed by atoms with van der Waals surface area (Å²) in [7, 11) is 0. The van der Waals surface area contributed by atoms with E-state index < -0.39 is 0 Å². The molecular formula is C17H20N4O2S. The number of aromatic nitrogens is 2. The number of ether oxygens (including phenoxy) is 1. The highest BCUT2D eigenvalue weighted by atomic mass is 32.1. The Labute approximate surface area is 145 Å². The van der Waals surface area contributed by atoms with E-state index in [4.69, 9.17) is 17.0 Å². The van der Waals surface area contributed by atoms with Gasteiger partial charge in [-0.2, -0.15) is 0 Å². The summed E-state index contributed by atoms with van der Waals surface area (Å²) in [5.74, 6) is 0.744. The molecule has 3 heterocycles. The van der Waals surface area contributed by atoms with Crippen molar-refractivity contribution in [3.05, 3.63) is 52.4 Å². The Bertz CT molecular complexity index is 760. The van der Waals surface area contributed by atoms with Crippen LogP contribution in [0.25, 0.3) is 0 Å². The summed E-state index contributed by atoms with van der Waals surface area (Å²) >= 11 is 5.11. The van der Waals surface area contributed by atoms with E-state index in [2.05, 4.69) is 27.1 Å². The summed E-state index contributed by atoms with van der Waals surface area (Å²) in [6.07, 6.45) is 3.71. The molecule has 1 saturated heterocycles. The first-order valence-electron chi connectivity index (χ1n) is 7.91. The van der Waals surface area contributed by atoms with Crippen LogP contribution in [0.2, 0.25) is 0 Å². The fourth-order valence-corrected chi connectivity index (χ4v) is 2.84. The van der Waals surface area contributed by atoms with E-state index in [1.807, 2.05) is 12.1 Å². The summed E-state index contributed by atoms with van der Waals surface area (Å²) in [6, 6.07) is 7.42. The van der Waals surface area contributed by atoms with Gasteiger partial charge in [0.15, 0.2) is 0 Å². The van der Waals surface area contributed by atoms with E-state index in [9.17, 15) is 4.79 Å². The second-order valence-corrected chi connectivity index (χ2v) is 6.16. The van der Waals surface area contributed by atoms with Crippen LogP contribution in [0.4, 0.5) is 5.82 Å². The number of carbonyl (C=O) groups is 1. The number of aromatic amines is 1. The molecule has 3 rings (SSSR count). The van der Waals surface area contributed by atoms with Crippen LogP contribution >= 0.6 is 12.2 Å². The van der Waals surface area contributed by atoms with Crippen LogP contribution in [0.1, 0.15) is 22.8 Å². The van der Waals surface area contributed by atoms with Gasteiger partial charge in [-0.3, -0.25) is 4.79 Å². The molecule has 1 amide bonds. The van der Waals surface area contributed by atoms with Crippen LogP contribution < -0.4 is 10.2 Å². The average molecular weight is 344 g/mol. The van der Waals surface area contributed by atoms with E-state index in [-0.39, 0.29) is 12.0 Å². The second kappa shape index (κ2) is 7.55. The minimum Gasteiger partial charge on any atom is -0.375 e. The Morgan fingerprint density at radius 1 is 1.50 bits per heavy atom. The number of nitrogens with zero attached hydrogens (tertiary/aromatic N) is 2. The number of amides is 1. The molecule has 6 nitrogen and oxygen atoms in total. The smallest absolute Gasteiger partial charge is 0.254 e. The molecule has 1 aliphatic rings. The third kappa shape index (κ3) is 3.98. The largest absolute Gasteiger partial charge is 0.375 e. The SMILES string of the molecule is CC1CN(c2ccc(CNC(=O)c3ccc[nH]c3=S)cn2)CCO1. The van der Waals surface area contributed by atoms with Gasteiger partial charge in [0.1, 0.15) is 10.5 Å². The number of carbonyl (C=O) groups excluding carboxylic acids is 1. The number of hydrogen-bond acceptors (Lipinski definition) is 5. The minimum absolute atomic E-state index is 0.192. The summed E-state index contributed by atoms with van der Waals surface area (Å²) in [6.45, 7) is 4.88. The molecule has 2 N–H and O–H groups in total. The van der Waals surface area contributed by atoms with Gasteiger partial charge in [0, 0.05) is 32.0 Å². The molecular weight excluding hydrogens is 324 g/mol. The van der Waals surface area contributed by atoms with E-state index in [0.717, 1.165) is 31.1 Å². The first kappa shape index (κ1) is 16.6. The highest BCUT2D eigenvalue weighted by Gasteiger charge is 2.17. The Hall–Kier alpha value is -2.25. The molecule has 1 fully saturated rings. The van der Waals surface area contributed by atoms with Crippen LogP contribution in [0.5, 0.6) is 0 Å². The molecule has 1 aliphatic heterocycles. The maximum absolute atomic E-state index is 12.1. The van der Waals surface area contributed by atoms with Gasteiger partial charge < -0.3 is 19.9 Å². The molecule has 0 radical (unpaired) electrons. The van der Waals surface area contributed by atoms with Crippen molar-refractivity contribution in [1.82, 2.24) is 15.3 Å². The van der Waals surface area contributed by atoms with Crippen molar-refractivity contribution >= 4 is 23.9 Å². The summed E-state index contributed by atoms with van der Waals surface area (Å²) in [4.78, 5) is 21.7. The monoisotopic (exact) mass is 344 g/mol. The quantitative estimate of drug-likeness (QED) is 0.833. The van der Waals surface area contributed by atoms with E-state index in [1.165, 1.54) is 0 Å². The van der Waals surface area contributed by atoms with Crippen molar-refractivity contribution in [1.29, 1.82) is 0 Å². The number of H-pyrrole nitrogens is 1. The molecule has 2 aromatic heterocycles. The zero-order valence-corrected chi connectivity index (χ0v) is 14.3. The van der Waals surface area contributed by atoms with E-state index in [1.54, 1.807) is 24.5 Å². The summed E-state index contributed by atoms with van der Waals surface area (Å²) in [5, 5.41) is 2.86. The molecule has 0 saturated carbocycles. The van der Waals surface area contributed by atoms with E-state index in [0.29, 0.717) is 16.7 Å². The standard InChI is InChI=1S/C17H20N4O2S/c1-12-11-21(7-8-23-12)15-5-4-13(9-19-15)10-20-16(22)14-3-2-6-18-17(14)24/h2-6,9,12H,7-8,10-11H2,1H3,(H,18,24)(H,20,22). The normalized spacial score (nSPS) is 17.5. The molecule has 0 aromatic carbocycles. The minimum atomic E-state index is -0.192. The lowest BCUT2D eigenvalue weighted by Crippen LogP contribution is -2.41. The van der Waals surface area contributed by atoms with Crippen LogP contribution in [0.15, 0.2) is 36.7 Å². The fourth-order valence-electron chi connectivity index (χ4n) is 2.61. The average Bonchev–Trinajstić information content (AvgIpc) is 2.60. The van der Waals surface area contributed by atoms with Gasteiger partial charge in [-0.25, -0.2) is 4.98 Å². The van der Waals surface area contributed by atoms with Crippen molar-refractivity contribution in [2.24, 2.45) is 0 Å². The maximum Gasteiger partial charge on any atom is 0.254 e. The lowest BCUT2D eigenvalue weighted by atomic mass is 10.2. The van der Waals surface area contributed by atoms with Crippen molar-refractivity contribution in [2.45, 2.75) is 19.6 Å². The van der Waals surface area contributed by atoms with Gasteiger partial charge in [-0.15, -0.1) is 0 Å².